The molecule has 2 fully saturated rings. The minimum Gasteiger partial charge on any atom is -0.314 e. The molecule has 3 heteroatoms. The summed E-state index contributed by atoms with van der Waals surface area (Å²) in [7, 11) is 0. The molecule has 2 aliphatic rings. The smallest absolute Gasteiger partial charge is 0.0178 e. The van der Waals surface area contributed by atoms with Gasteiger partial charge in [-0.2, -0.15) is 0 Å². The molecule has 1 saturated carbocycles. The lowest BCUT2D eigenvalue weighted by molar-refractivity contribution is 0.250. The molecular formula is C18H27BrN2. The van der Waals surface area contributed by atoms with Crippen LogP contribution in [-0.4, -0.2) is 36.6 Å². The summed E-state index contributed by atoms with van der Waals surface area (Å²) >= 11 is 3.57. The van der Waals surface area contributed by atoms with Crippen LogP contribution in [0.5, 0.6) is 0 Å². The van der Waals surface area contributed by atoms with E-state index in [0.29, 0.717) is 6.04 Å². The molecule has 0 bridgehead atoms. The first-order valence-electron chi connectivity index (χ1n) is 8.34. The number of rotatable bonds is 5. The van der Waals surface area contributed by atoms with Crippen molar-refractivity contribution < 1.29 is 0 Å². The maximum Gasteiger partial charge on any atom is 0.0178 e. The van der Waals surface area contributed by atoms with E-state index in [1.54, 1.807) is 0 Å². The van der Waals surface area contributed by atoms with E-state index in [2.05, 4.69) is 64.3 Å². The van der Waals surface area contributed by atoms with E-state index in [-0.39, 0.29) is 0 Å². The molecule has 116 valence electrons. The van der Waals surface area contributed by atoms with Crippen molar-refractivity contribution in [1.82, 2.24) is 10.2 Å². The van der Waals surface area contributed by atoms with Crippen molar-refractivity contribution in [1.29, 1.82) is 0 Å². The van der Waals surface area contributed by atoms with Crippen LogP contribution in [0.4, 0.5) is 0 Å². The van der Waals surface area contributed by atoms with E-state index >= 15 is 0 Å². The van der Waals surface area contributed by atoms with Gasteiger partial charge in [0.25, 0.3) is 0 Å². The van der Waals surface area contributed by atoms with Gasteiger partial charge in [-0.3, -0.25) is 0 Å². The highest BCUT2D eigenvalue weighted by atomic mass is 79.9. The number of nitrogens with one attached hydrogen (secondary N) is 1. The van der Waals surface area contributed by atoms with Crippen molar-refractivity contribution in [3.63, 3.8) is 0 Å². The third-order valence-corrected chi connectivity index (χ3v) is 5.69. The van der Waals surface area contributed by atoms with Crippen molar-refractivity contribution in [2.75, 3.05) is 19.6 Å². The highest BCUT2D eigenvalue weighted by molar-refractivity contribution is 9.10. The number of halogens is 1. The molecule has 1 unspecified atom stereocenters. The van der Waals surface area contributed by atoms with Gasteiger partial charge in [0, 0.05) is 23.1 Å². The van der Waals surface area contributed by atoms with Crippen molar-refractivity contribution in [3.8, 4) is 0 Å². The molecule has 1 aromatic rings. The normalized spacial score (nSPS) is 29.8. The summed E-state index contributed by atoms with van der Waals surface area (Å²) in [5.41, 5.74) is 1.49. The van der Waals surface area contributed by atoms with Gasteiger partial charge >= 0.3 is 0 Å². The Morgan fingerprint density at radius 3 is 2.81 bits per heavy atom. The molecule has 0 spiro atoms. The number of hydrogen-bond donors (Lipinski definition) is 1. The summed E-state index contributed by atoms with van der Waals surface area (Å²) in [5.74, 6) is 1.62. The largest absolute Gasteiger partial charge is 0.314 e. The van der Waals surface area contributed by atoms with Crippen LogP contribution in [-0.2, 0) is 0 Å². The second kappa shape index (κ2) is 6.80. The van der Waals surface area contributed by atoms with Crippen LogP contribution >= 0.6 is 15.9 Å². The zero-order chi connectivity index (χ0) is 14.8. The number of likely N-dealkylation sites (tertiary alicyclic amines) is 1. The Kier molecular flexibility index (Phi) is 5.03. The summed E-state index contributed by atoms with van der Waals surface area (Å²) in [6, 6.07) is 10.3. The maximum atomic E-state index is 3.80. The lowest BCUT2D eigenvalue weighted by Crippen LogP contribution is -2.42. The van der Waals surface area contributed by atoms with Crippen LogP contribution in [0.15, 0.2) is 28.7 Å². The van der Waals surface area contributed by atoms with Crippen molar-refractivity contribution in [2.24, 2.45) is 5.92 Å². The highest BCUT2D eigenvalue weighted by Crippen LogP contribution is 2.37. The first kappa shape index (κ1) is 15.5. The Morgan fingerprint density at radius 2 is 2.14 bits per heavy atom. The summed E-state index contributed by atoms with van der Waals surface area (Å²) in [4.78, 5) is 2.61. The van der Waals surface area contributed by atoms with Gasteiger partial charge in [-0.1, -0.05) is 28.1 Å². The van der Waals surface area contributed by atoms with Crippen molar-refractivity contribution in [2.45, 2.75) is 51.1 Å². The number of benzene rings is 1. The zero-order valence-electron chi connectivity index (χ0n) is 13.2. The lowest BCUT2D eigenvalue weighted by Gasteiger charge is -2.37. The van der Waals surface area contributed by atoms with Gasteiger partial charge in [-0.15, -0.1) is 0 Å². The average Bonchev–Trinajstić information content (AvgIpc) is 2.86. The van der Waals surface area contributed by atoms with Gasteiger partial charge in [-0.05, 0) is 75.7 Å². The van der Waals surface area contributed by atoms with Crippen LogP contribution in [0, 0.1) is 5.92 Å². The van der Waals surface area contributed by atoms with E-state index in [1.165, 1.54) is 48.9 Å². The molecule has 1 N–H and O–H groups in total. The van der Waals surface area contributed by atoms with E-state index in [1.807, 2.05) is 0 Å². The Labute approximate surface area is 137 Å². The van der Waals surface area contributed by atoms with Crippen LogP contribution < -0.4 is 5.32 Å². The molecule has 2 nitrogen and oxygen atoms in total. The SMILES string of the molecule is CC(C)N1CCC(CNC2CC(c3cccc(Br)c3)C2)C1. The molecule has 3 rings (SSSR count). The quantitative estimate of drug-likeness (QED) is 0.862. The minimum absolute atomic E-state index is 0.708. The highest BCUT2D eigenvalue weighted by Gasteiger charge is 2.31. The van der Waals surface area contributed by atoms with Gasteiger partial charge in [-0.25, -0.2) is 0 Å². The molecule has 1 aliphatic heterocycles. The van der Waals surface area contributed by atoms with Crippen LogP contribution in [0.3, 0.4) is 0 Å². The van der Waals surface area contributed by atoms with E-state index < -0.39 is 0 Å². The van der Waals surface area contributed by atoms with Gasteiger partial charge in [0.2, 0.25) is 0 Å². The Balaban J connectivity index is 1.38. The summed E-state index contributed by atoms with van der Waals surface area (Å²) in [5, 5.41) is 3.80. The molecule has 0 aromatic heterocycles. The van der Waals surface area contributed by atoms with Gasteiger partial charge in [0.05, 0.1) is 0 Å². The van der Waals surface area contributed by atoms with Crippen LogP contribution in [0.1, 0.15) is 44.6 Å². The molecule has 1 atom stereocenters. The van der Waals surface area contributed by atoms with Crippen molar-refractivity contribution >= 4 is 15.9 Å². The van der Waals surface area contributed by atoms with Gasteiger partial charge < -0.3 is 10.2 Å². The second-order valence-electron chi connectivity index (χ2n) is 7.07. The predicted molar refractivity (Wildman–Crippen MR) is 92.7 cm³/mol. The molecule has 1 saturated heterocycles. The fourth-order valence-electron chi connectivity index (χ4n) is 3.65. The number of nitrogens with zero attached hydrogens (tertiary/aromatic N) is 1. The summed E-state index contributed by atoms with van der Waals surface area (Å²) in [6.07, 6.45) is 3.97. The minimum atomic E-state index is 0.708. The summed E-state index contributed by atoms with van der Waals surface area (Å²) < 4.78 is 1.20. The molecule has 1 aliphatic carbocycles. The van der Waals surface area contributed by atoms with E-state index in [4.69, 9.17) is 0 Å². The third kappa shape index (κ3) is 3.88. The monoisotopic (exact) mass is 350 g/mol. The zero-order valence-corrected chi connectivity index (χ0v) is 14.8. The van der Waals surface area contributed by atoms with Crippen LogP contribution in [0.25, 0.3) is 0 Å². The lowest BCUT2D eigenvalue weighted by atomic mass is 9.76. The molecular weight excluding hydrogens is 324 g/mol. The third-order valence-electron chi connectivity index (χ3n) is 5.20. The molecule has 0 radical (unpaired) electrons. The van der Waals surface area contributed by atoms with E-state index in [9.17, 15) is 0 Å². The van der Waals surface area contributed by atoms with E-state index in [0.717, 1.165) is 17.9 Å². The fraction of sp³-hybridized carbons (Fsp3) is 0.667. The Bertz CT molecular complexity index is 468. The first-order chi connectivity index (χ1) is 10.1. The van der Waals surface area contributed by atoms with Gasteiger partial charge in [0.15, 0.2) is 0 Å². The van der Waals surface area contributed by atoms with Gasteiger partial charge in [0.1, 0.15) is 0 Å². The number of hydrogen-bond acceptors (Lipinski definition) is 2. The van der Waals surface area contributed by atoms with Crippen LogP contribution in [0.2, 0.25) is 0 Å². The molecule has 1 heterocycles. The Morgan fingerprint density at radius 1 is 1.33 bits per heavy atom. The fourth-order valence-corrected chi connectivity index (χ4v) is 4.07. The standard InChI is InChI=1S/C18H27BrN2/c1-13(2)21-7-6-14(12-21)11-20-18-9-16(10-18)15-4-3-5-17(19)8-15/h3-5,8,13-14,16,18,20H,6-7,9-12H2,1-2H3. The maximum absolute atomic E-state index is 3.80. The average molecular weight is 351 g/mol. The molecule has 1 aromatic carbocycles. The van der Waals surface area contributed by atoms with Crippen molar-refractivity contribution in [3.05, 3.63) is 34.3 Å². The Hall–Kier alpha value is -0.380. The summed E-state index contributed by atoms with van der Waals surface area (Å²) in [6.45, 7) is 8.40. The molecule has 21 heavy (non-hydrogen) atoms. The molecule has 0 amide bonds. The predicted octanol–water partition coefficient (Wildman–Crippen LogP) is 4.02. The topological polar surface area (TPSA) is 15.3 Å². The first-order valence-corrected chi connectivity index (χ1v) is 9.14. The second-order valence-corrected chi connectivity index (χ2v) is 7.99.